The highest BCUT2D eigenvalue weighted by atomic mass is 32.2. The van der Waals surface area contributed by atoms with E-state index < -0.39 is 15.8 Å². The van der Waals surface area contributed by atoms with Gasteiger partial charge in [0.25, 0.3) is 0 Å². The van der Waals surface area contributed by atoms with Crippen LogP contribution in [0.4, 0.5) is 4.39 Å². The van der Waals surface area contributed by atoms with Crippen LogP contribution in [0.15, 0.2) is 17.0 Å². The maximum Gasteiger partial charge on any atom is 0.241 e. The summed E-state index contributed by atoms with van der Waals surface area (Å²) in [4.78, 5) is 0.180. The van der Waals surface area contributed by atoms with E-state index in [0.717, 1.165) is 12.8 Å². The zero-order chi connectivity index (χ0) is 14.9. The SMILES string of the molecule is COC1CCC(NS(=O)(=O)c2c(C)cc(F)cc2C)C1. The molecule has 0 amide bonds. The molecule has 0 heterocycles. The van der Waals surface area contributed by atoms with Crippen LogP contribution < -0.4 is 4.72 Å². The van der Waals surface area contributed by atoms with Gasteiger partial charge in [-0.05, 0) is 56.4 Å². The van der Waals surface area contributed by atoms with Crippen molar-refractivity contribution in [2.45, 2.75) is 50.2 Å². The quantitative estimate of drug-likeness (QED) is 0.928. The van der Waals surface area contributed by atoms with Crippen LogP contribution in [0.5, 0.6) is 0 Å². The Hall–Kier alpha value is -0.980. The lowest BCUT2D eigenvalue weighted by Gasteiger charge is -2.16. The lowest BCUT2D eigenvalue weighted by molar-refractivity contribution is 0.107. The van der Waals surface area contributed by atoms with Crippen molar-refractivity contribution in [2.75, 3.05) is 7.11 Å². The number of halogens is 1. The van der Waals surface area contributed by atoms with Crippen molar-refractivity contribution in [2.24, 2.45) is 0 Å². The van der Waals surface area contributed by atoms with Gasteiger partial charge in [-0.25, -0.2) is 17.5 Å². The number of hydrogen-bond acceptors (Lipinski definition) is 3. The Morgan fingerprint density at radius 3 is 2.35 bits per heavy atom. The Kier molecular flexibility index (Phi) is 4.46. The standard InChI is InChI=1S/C14H20FNO3S/c1-9-6-11(15)7-10(2)14(9)20(17,18)16-12-4-5-13(8-12)19-3/h6-7,12-13,16H,4-5,8H2,1-3H3. The highest BCUT2D eigenvalue weighted by Gasteiger charge is 2.30. The van der Waals surface area contributed by atoms with Gasteiger partial charge >= 0.3 is 0 Å². The minimum atomic E-state index is -3.63. The summed E-state index contributed by atoms with van der Waals surface area (Å²) in [7, 11) is -1.99. The van der Waals surface area contributed by atoms with Crippen molar-refractivity contribution in [3.8, 4) is 0 Å². The summed E-state index contributed by atoms with van der Waals surface area (Å²) in [5.41, 5.74) is 0.854. The molecule has 1 aromatic rings. The van der Waals surface area contributed by atoms with E-state index in [9.17, 15) is 12.8 Å². The third-order valence-corrected chi connectivity index (χ3v) is 5.56. The van der Waals surface area contributed by atoms with Gasteiger partial charge < -0.3 is 4.74 Å². The molecule has 1 aliphatic rings. The van der Waals surface area contributed by atoms with Gasteiger partial charge in [0.15, 0.2) is 0 Å². The second-order valence-electron chi connectivity index (χ2n) is 5.36. The predicted molar refractivity (Wildman–Crippen MR) is 74.6 cm³/mol. The smallest absolute Gasteiger partial charge is 0.241 e. The first-order valence-corrected chi connectivity index (χ1v) is 8.13. The van der Waals surface area contributed by atoms with Gasteiger partial charge in [0, 0.05) is 13.2 Å². The number of rotatable bonds is 4. The van der Waals surface area contributed by atoms with E-state index in [4.69, 9.17) is 4.74 Å². The van der Waals surface area contributed by atoms with E-state index in [2.05, 4.69) is 4.72 Å². The zero-order valence-corrected chi connectivity index (χ0v) is 12.8. The van der Waals surface area contributed by atoms with Crippen molar-refractivity contribution in [3.05, 3.63) is 29.1 Å². The molecule has 2 atom stereocenters. The van der Waals surface area contributed by atoms with E-state index in [1.807, 2.05) is 0 Å². The van der Waals surface area contributed by atoms with Crippen molar-refractivity contribution in [1.29, 1.82) is 0 Å². The monoisotopic (exact) mass is 301 g/mol. The van der Waals surface area contributed by atoms with Crippen LogP contribution in [-0.2, 0) is 14.8 Å². The Labute approximate surface area is 119 Å². The number of methoxy groups -OCH3 is 1. The summed E-state index contributed by atoms with van der Waals surface area (Å²) in [6, 6.07) is 2.37. The van der Waals surface area contributed by atoms with Crippen LogP contribution in [-0.4, -0.2) is 27.7 Å². The lowest BCUT2D eigenvalue weighted by Crippen LogP contribution is -2.34. The number of benzene rings is 1. The summed E-state index contributed by atoms with van der Waals surface area (Å²) in [5.74, 6) is -0.417. The van der Waals surface area contributed by atoms with E-state index >= 15 is 0 Å². The van der Waals surface area contributed by atoms with Crippen molar-refractivity contribution < 1.29 is 17.5 Å². The van der Waals surface area contributed by atoms with E-state index in [-0.39, 0.29) is 17.0 Å². The van der Waals surface area contributed by atoms with Gasteiger partial charge in [0.1, 0.15) is 5.82 Å². The average molecular weight is 301 g/mol. The molecule has 1 saturated carbocycles. The molecule has 1 aliphatic carbocycles. The van der Waals surface area contributed by atoms with E-state index in [1.165, 1.54) is 12.1 Å². The van der Waals surface area contributed by atoms with Gasteiger partial charge in [-0.2, -0.15) is 0 Å². The number of sulfonamides is 1. The van der Waals surface area contributed by atoms with Gasteiger partial charge in [-0.1, -0.05) is 0 Å². The predicted octanol–water partition coefficient (Wildman–Crippen LogP) is 2.29. The highest BCUT2D eigenvalue weighted by Crippen LogP contribution is 2.26. The highest BCUT2D eigenvalue weighted by molar-refractivity contribution is 7.89. The minimum absolute atomic E-state index is 0.109. The first kappa shape index (κ1) is 15.4. The first-order valence-electron chi connectivity index (χ1n) is 6.65. The average Bonchev–Trinajstić information content (AvgIpc) is 2.73. The maximum atomic E-state index is 13.3. The van der Waals surface area contributed by atoms with Gasteiger partial charge in [0.2, 0.25) is 10.0 Å². The lowest BCUT2D eigenvalue weighted by atomic mass is 10.1. The number of ether oxygens (including phenoxy) is 1. The van der Waals surface area contributed by atoms with Crippen molar-refractivity contribution in [3.63, 3.8) is 0 Å². The largest absolute Gasteiger partial charge is 0.381 e. The maximum absolute atomic E-state index is 13.3. The minimum Gasteiger partial charge on any atom is -0.381 e. The molecular formula is C14H20FNO3S. The molecule has 2 rings (SSSR count). The van der Waals surface area contributed by atoms with E-state index in [0.29, 0.717) is 17.5 Å². The fourth-order valence-electron chi connectivity index (χ4n) is 2.86. The number of aryl methyl sites for hydroxylation is 2. The van der Waals surface area contributed by atoms with Crippen LogP contribution in [0.2, 0.25) is 0 Å². The number of hydrogen-bond donors (Lipinski definition) is 1. The van der Waals surface area contributed by atoms with Gasteiger partial charge in [0.05, 0.1) is 11.0 Å². The molecule has 20 heavy (non-hydrogen) atoms. The van der Waals surface area contributed by atoms with Crippen LogP contribution >= 0.6 is 0 Å². The van der Waals surface area contributed by atoms with E-state index in [1.54, 1.807) is 21.0 Å². The van der Waals surface area contributed by atoms with Gasteiger partial charge in [-0.3, -0.25) is 0 Å². The van der Waals surface area contributed by atoms with Crippen LogP contribution in [0.1, 0.15) is 30.4 Å². The number of nitrogens with one attached hydrogen (secondary N) is 1. The Morgan fingerprint density at radius 1 is 1.25 bits per heavy atom. The molecular weight excluding hydrogens is 281 g/mol. The molecule has 1 aromatic carbocycles. The second kappa shape index (κ2) is 5.79. The summed E-state index contributed by atoms with van der Waals surface area (Å²) in [6.45, 7) is 3.22. The summed E-state index contributed by atoms with van der Waals surface area (Å²) < 4.78 is 46.1. The van der Waals surface area contributed by atoms with Crippen LogP contribution in [0.25, 0.3) is 0 Å². The Morgan fingerprint density at radius 2 is 1.85 bits per heavy atom. The Bertz CT molecular complexity index is 577. The molecule has 0 aliphatic heterocycles. The molecule has 0 radical (unpaired) electrons. The molecule has 4 nitrogen and oxygen atoms in total. The third kappa shape index (κ3) is 3.19. The third-order valence-electron chi connectivity index (χ3n) is 3.73. The summed E-state index contributed by atoms with van der Waals surface area (Å²) in [6.07, 6.45) is 2.40. The van der Waals surface area contributed by atoms with Crippen molar-refractivity contribution in [1.82, 2.24) is 4.72 Å². The Balaban J connectivity index is 2.24. The molecule has 1 N–H and O–H groups in total. The molecule has 2 unspecified atom stereocenters. The van der Waals surface area contributed by atoms with Crippen molar-refractivity contribution >= 4 is 10.0 Å². The fourth-order valence-corrected chi connectivity index (χ4v) is 4.60. The van der Waals surface area contributed by atoms with Crippen LogP contribution in [0, 0.1) is 19.7 Å². The molecule has 0 saturated heterocycles. The first-order chi connectivity index (χ1) is 9.33. The summed E-state index contributed by atoms with van der Waals surface area (Å²) >= 11 is 0. The molecule has 0 aromatic heterocycles. The molecule has 0 spiro atoms. The molecule has 6 heteroatoms. The fraction of sp³-hybridized carbons (Fsp3) is 0.571. The molecule has 0 bridgehead atoms. The normalized spacial score (nSPS) is 23.2. The van der Waals surface area contributed by atoms with Gasteiger partial charge in [-0.15, -0.1) is 0 Å². The van der Waals surface area contributed by atoms with Crippen LogP contribution in [0.3, 0.4) is 0 Å². The topological polar surface area (TPSA) is 55.4 Å². The molecule has 112 valence electrons. The molecule has 1 fully saturated rings. The summed E-state index contributed by atoms with van der Waals surface area (Å²) in [5, 5.41) is 0. The second-order valence-corrected chi connectivity index (χ2v) is 7.01. The zero-order valence-electron chi connectivity index (χ0n) is 11.9.